The van der Waals surface area contributed by atoms with Crippen LogP contribution in [-0.4, -0.2) is 45.1 Å². The number of ether oxygens (including phenoxy) is 1. The van der Waals surface area contributed by atoms with Crippen LogP contribution in [0.25, 0.3) is 0 Å². The van der Waals surface area contributed by atoms with Gasteiger partial charge in [-0.05, 0) is 44.0 Å². The Balaban J connectivity index is 2.03. The summed E-state index contributed by atoms with van der Waals surface area (Å²) in [4.78, 5) is 2.39. The van der Waals surface area contributed by atoms with Gasteiger partial charge in [-0.25, -0.2) is 0 Å². The van der Waals surface area contributed by atoms with Gasteiger partial charge in [0, 0.05) is 24.8 Å². The van der Waals surface area contributed by atoms with E-state index < -0.39 is 0 Å². The maximum Gasteiger partial charge on any atom is 0.0698 e. The average molecular weight is 278 g/mol. The third kappa shape index (κ3) is 3.72. The molecule has 1 aliphatic rings. The van der Waals surface area contributed by atoms with Gasteiger partial charge in [0.2, 0.25) is 0 Å². The summed E-state index contributed by atoms with van der Waals surface area (Å²) in [6.07, 6.45) is 2.36. The molecule has 0 fully saturated rings. The molecule has 0 saturated carbocycles. The number of aliphatic hydroxyl groups is 1. The second-order valence-corrected chi connectivity index (χ2v) is 5.33. The van der Waals surface area contributed by atoms with Crippen LogP contribution in [0.2, 0.25) is 0 Å². The zero-order valence-corrected chi connectivity index (χ0v) is 12.6. The first-order valence-corrected chi connectivity index (χ1v) is 7.50. The highest BCUT2D eigenvalue weighted by Gasteiger charge is 2.17. The molecule has 1 unspecified atom stereocenters. The molecule has 2 N–H and O–H groups in total. The summed E-state index contributed by atoms with van der Waals surface area (Å²) in [7, 11) is 1.99. The Labute approximate surface area is 121 Å². The quantitative estimate of drug-likeness (QED) is 0.746. The minimum atomic E-state index is 0.0991. The van der Waals surface area contributed by atoms with E-state index in [1.54, 1.807) is 0 Å². The second kappa shape index (κ2) is 7.62. The molecule has 4 heteroatoms. The maximum atomic E-state index is 8.72. The molecular formula is C16H26N2O2. The Bertz CT molecular complexity index is 423. The van der Waals surface area contributed by atoms with Crippen molar-refractivity contribution in [2.24, 2.45) is 0 Å². The summed E-state index contributed by atoms with van der Waals surface area (Å²) in [6.45, 7) is 5.38. The third-order valence-electron chi connectivity index (χ3n) is 3.99. The molecule has 1 aromatic carbocycles. The summed E-state index contributed by atoms with van der Waals surface area (Å²) in [5.41, 5.74) is 4.14. The molecule has 0 amide bonds. The van der Waals surface area contributed by atoms with Gasteiger partial charge in [0.05, 0.1) is 19.8 Å². The van der Waals surface area contributed by atoms with Gasteiger partial charge in [0.25, 0.3) is 0 Å². The van der Waals surface area contributed by atoms with Crippen molar-refractivity contribution in [2.75, 3.05) is 44.9 Å². The van der Waals surface area contributed by atoms with E-state index in [9.17, 15) is 0 Å². The van der Waals surface area contributed by atoms with Crippen LogP contribution in [-0.2, 0) is 11.2 Å². The van der Waals surface area contributed by atoms with Crippen LogP contribution in [0.3, 0.4) is 0 Å². The smallest absolute Gasteiger partial charge is 0.0698 e. The Kier molecular flexibility index (Phi) is 5.83. The standard InChI is InChI=1S/C16H26N2O2/c1-13(17-2)14-5-6-16-15(12-14)4-3-7-18(16)8-10-20-11-9-19/h5-6,12-13,17,19H,3-4,7-11H2,1-2H3. The third-order valence-corrected chi connectivity index (χ3v) is 3.99. The highest BCUT2D eigenvalue weighted by atomic mass is 16.5. The lowest BCUT2D eigenvalue weighted by molar-refractivity contribution is 0.0965. The topological polar surface area (TPSA) is 44.7 Å². The minimum Gasteiger partial charge on any atom is -0.394 e. The van der Waals surface area contributed by atoms with Gasteiger partial charge in [-0.1, -0.05) is 12.1 Å². The van der Waals surface area contributed by atoms with Gasteiger partial charge >= 0.3 is 0 Å². The zero-order valence-electron chi connectivity index (χ0n) is 12.6. The first-order chi connectivity index (χ1) is 9.76. The molecule has 0 saturated heterocycles. The largest absolute Gasteiger partial charge is 0.394 e. The molecule has 0 bridgehead atoms. The van der Waals surface area contributed by atoms with E-state index in [1.807, 2.05) is 7.05 Å². The molecule has 112 valence electrons. The molecule has 1 aliphatic heterocycles. The first kappa shape index (κ1) is 15.3. The zero-order chi connectivity index (χ0) is 14.4. The summed E-state index contributed by atoms with van der Waals surface area (Å²) in [5, 5.41) is 12.0. The van der Waals surface area contributed by atoms with Crippen LogP contribution in [0.1, 0.15) is 30.5 Å². The summed E-state index contributed by atoms with van der Waals surface area (Å²) in [6, 6.07) is 7.18. The van der Waals surface area contributed by atoms with Crippen LogP contribution in [0.5, 0.6) is 0 Å². The lowest BCUT2D eigenvalue weighted by Crippen LogP contribution is -2.32. The van der Waals surface area contributed by atoms with E-state index in [1.165, 1.54) is 23.2 Å². The number of hydrogen-bond acceptors (Lipinski definition) is 4. The van der Waals surface area contributed by atoms with E-state index in [0.29, 0.717) is 19.3 Å². The van der Waals surface area contributed by atoms with Gasteiger partial charge in [-0.3, -0.25) is 0 Å². The molecule has 4 nitrogen and oxygen atoms in total. The van der Waals surface area contributed by atoms with Gasteiger partial charge < -0.3 is 20.1 Å². The number of hydrogen-bond donors (Lipinski definition) is 2. The van der Waals surface area contributed by atoms with E-state index >= 15 is 0 Å². The van der Waals surface area contributed by atoms with Crippen molar-refractivity contribution in [3.8, 4) is 0 Å². The fourth-order valence-corrected chi connectivity index (χ4v) is 2.70. The summed E-state index contributed by atoms with van der Waals surface area (Å²) >= 11 is 0. The molecule has 0 aliphatic carbocycles. The van der Waals surface area contributed by atoms with Crippen LogP contribution in [0.4, 0.5) is 5.69 Å². The molecule has 2 rings (SSSR count). The van der Waals surface area contributed by atoms with Gasteiger partial charge in [0.1, 0.15) is 0 Å². The second-order valence-electron chi connectivity index (χ2n) is 5.33. The van der Waals surface area contributed by atoms with Crippen LogP contribution in [0.15, 0.2) is 18.2 Å². The normalized spacial score (nSPS) is 16.1. The molecule has 1 heterocycles. The van der Waals surface area contributed by atoms with Crippen molar-refractivity contribution in [3.63, 3.8) is 0 Å². The van der Waals surface area contributed by atoms with Gasteiger partial charge in [-0.15, -0.1) is 0 Å². The Morgan fingerprint density at radius 1 is 1.40 bits per heavy atom. The van der Waals surface area contributed by atoms with Crippen molar-refractivity contribution >= 4 is 5.69 Å². The van der Waals surface area contributed by atoms with Crippen LogP contribution < -0.4 is 10.2 Å². The van der Waals surface area contributed by atoms with E-state index in [0.717, 1.165) is 19.5 Å². The number of nitrogens with one attached hydrogen (secondary N) is 1. The SMILES string of the molecule is CNC(C)c1ccc2c(c1)CCCN2CCOCCO. The van der Waals surface area contributed by atoms with Gasteiger partial charge in [0.15, 0.2) is 0 Å². The number of aliphatic hydroxyl groups excluding tert-OH is 1. The predicted molar refractivity (Wildman–Crippen MR) is 82.4 cm³/mol. The van der Waals surface area contributed by atoms with Crippen molar-refractivity contribution < 1.29 is 9.84 Å². The lowest BCUT2D eigenvalue weighted by atomic mass is 9.97. The molecular weight excluding hydrogens is 252 g/mol. The number of anilines is 1. The van der Waals surface area contributed by atoms with Crippen molar-refractivity contribution in [1.29, 1.82) is 0 Å². The number of rotatable bonds is 7. The van der Waals surface area contributed by atoms with Crippen molar-refractivity contribution in [3.05, 3.63) is 29.3 Å². The number of fused-ring (bicyclic) bond motifs is 1. The molecule has 1 aromatic rings. The fraction of sp³-hybridized carbons (Fsp3) is 0.625. The number of aryl methyl sites for hydroxylation is 1. The van der Waals surface area contributed by atoms with Crippen molar-refractivity contribution in [1.82, 2.24) is 5.32 Å². The van der Waals surface area contributed by atoms with Crippen LogP contribution in [0, 0.1) is 0 Å². The highest BCUT2D eigenvalue weighted by Crippen LogP contribution is 2.29. The highest BCUT2D eigenvalue weighted by molar-refractivity contribution is 5.57. The fourth-order valence-electron chi connectivity index (χ4n) is 2.70. The lowest BCUT2D eigenvalue weighted by Gasteiger charge is -2.32. The minimum absolute atomic E-state index is 0.0991. The van der Waals surface area contributed by atoms with E-state index in [4.69, 9.17) is 9.84 Å². The monoisotopic (exact) mass is 278 g/mol. The Morgan fingerprint density at radius 3 is 3.00 bits per heavy atom. The number of benzene rings is 1. The Morgan fingerprint density at radius 2 is 2.25 bits per heavy atom. The summed E-state index contributed by atoms with van der Waals surface area (Å²) in [5.74, 6) is 0. The maximum absolute atomic E-state index is 8.72. The molecule has 0 aromatic heterocycles. The Hall–Kier alpha value is -1.10. The van der Waals surface area contributed by atoms with Crippen LogP contribution >= 0.6 is 0 Å². The molecule has 0 spiro atoms. The average Bonchev–Trinajstić information content (AvgIpc) is 2.50. The number of nitrogens with zero attached hydrogens (tertiary/aromatic N) is 1. The summed E-state index contributed by atoms with van der Waals surface area (Å²) < 4.78 is 5.38. The first-order valence-electron chi connectivity index (χ1n) is 7.50. The molecule has 0 radical (unpaired) electrons. The van der Waals surface area contributed by atoms with Crippen molar-refractivity contribution in [2.45, 2.75) is 25.8 Å². The van der Waals surface area contributed by atoms with Gasteiger partial charge in [-0.2, -0.15) is 0 Å². The molecule has 20 heavy (non-hydrogen) atoms. The van der Waals surface area contributed by atoms with E-state index in [-0.39, 0.29) is 6.61 Å². The predicted octanol–water partition coefficient (Wildman–Crippen LogP) is 1.73. The van der Waals surface area contributed by atoms with E-state index in [2.05, 4.69) is 35.3 Å². The molecule has 1 atom stereocenters.